The molecule has 9 rings (SSSR count). The van der Waals surface area contributed by atoms with Crippen LogP contribution >= 0.6 is 10.0 Å². The Morgan fingerprint density at radius 2 is 1.53 bits per heavy atom. The van der Waals surface area contributed by atoms with Gasteiger partial charge in [0, 0.05) is 89.4 Å². The Kier molecular flexibility index (Phi) is 14.6. The van der Waals surface area contributed by atoms with Gasteiger partial charge in [0.2, 0.25) is 10.0 Å². The van der Waals surface area contributed by atoms with Crippen LogP contribution < -0.4 is 19.3 Å². The molecule has 3 fully saturated rings. The van der Waals surface area contributed by atoms with Gasteiger partial charge in [0.1, 0.15) is 53.9 Å². The van der Waals surface area contributed by atoms with E-state index in [9.17, 15) is 31.9 Å². The number of rotatable bonds is 17. The maximum absolute atomic E-state index is 16.1. The Morgan fingerprint density at radius 1 is 0.890 bits per heavy atom. The summed E-state index contributed by atoms with van der Waals surface area (Å²) in [6.07, 6.45) is 2.15. The van der Waals surface area contributed by atoms with Crippen molar-refractivity contribution in [3.05, 3.63) is 155 Å². The maximum Gasteiger partial charge on any atom is 0.336 e. The quantitative estimate of drug-likeness (QED) is 0.0836. The molecule has 1 amide bonds. The fraction of sp³-hybridized carbons (Fsp3) is 0.346. The summed E-state index contributed by atoms with van der Waals surface area (Å²) in [4.78, 5) is 37.4. The molecule has 3 aliphatic heterocycles. The molecule has 15 nitrogen and oxygen atoms in total. The van der Waals surface area contributed by atoms with Crippen molar-refractivity contribution in [1.29, 1.82) is 0 Å². The molecule has 0 spiro atoms. The van der Waals surface area contributed by atoms with E-state index in [4.69, 9.17) is 14.2 Å². The van der Waals surface area contributed by atoms with Gasteiger partial charge in [-0.25, -0.2) is 45.2 Å². The highest BCUT2D eigenvalue weighted by Gasteiger charge is 2.52. The maximum atomic E-state index is 16.1. The molecule has 4 atom stereocenters. The van der Waals surface area contributed by atoms with Crippen LogP contribution in [0.1, 0.15) is 47.3 Å². The number of hydrogen-bond acceptors (Lipinski definition) is 11. The molecule has 21 heteroatoms. The number of piperazine rings is 1. The molecule has 4 heterocycles. The summed E-state index contributed by atoms with van der Waals surface area (Å²) in [5, 5.41) is 13.5. The third-order valence-electron chi connectivity index (χ3n) is 13.8. The van der Waals surface area contributed by atoms with Crippen LogP contribution in [-0.4, -0.2) is 114 Å². The summed E-state index contributed by atoms with van der Waals surface area (Å²) >= 11 is 0. The first kappa shape index (κ1) is 51.4. The molecule has 2 unspecified atom stereocenters. The lowest BCUT2D eigenvalue weighted by Crippen LogP contribution is -2.46. The molecule has 6 aromatic rings. The highest BCUT2D eigenvalue weighted by molar-refractivity contribution is 8.45. The number of aromatic nitrogens is 3. The van der Waals surface area contributed by atoms with E-state index in [1.54, 1.807) is 18.7 Å². The number of nitrogens with zero attached hydrogens (tertiary/aromatic N) is 6. The molecular formula is C52H55F4N7O8S2. The monoisotopic (exact) mass is 1050 g/mol. The number of anilines is 2. The summed E-state index contributed by atoms with van der Waals surface area (Å²) in [6, 6.07) is 23.4. The molecule has 0 aliphatic carbocycles. The van der Waals surface area contributed by atoms with Crippen molar-refractivity contribution in [3.63, 3.8) is 0 Å². The topological polar surface area (TPSA) is 169 Å². The highest BCUT2D eigenvalue weighted by Crippen LogP contribution is 2.69. The average molecular weight is 1050 g/mol. The van der Waals surface area contributed by atoms with Gasteiger partial charge in [0.25, 0.3) is 5.24 Å². The molecular weight excluding hydrogens is 991 g/mol. The second kappa shape index (κ2) is 20.8. The second-order valence-corrected chi connectivity index (χ2v) is 23.5. The lowest BCUT2D eigenvalue weighted by molar-refractivity contribution is -0.117. The number of halogens is 4. The van der Waals surface area contributed by atoms with E-state index in [2.05, 4.69) is 24.6 Å². The Labute approximate surface area is 422 Å². The number of nitrogens with one attached hydrogen (secondary N) is 1. The molecule has 1 aromatic heterocycles. The molecule has 3 saturated heterocycles. The van der Waals surface area contributed by atoms with Gasteiger partial charge in [-0.2, -0.15) is 5.10 Å². The van der Waals surface area contributed by atoms with Crippen LogP contribution in [0.4, 0.5) is 33.7 Å². The lowest BCUT2D eigenvalue weighted by atomic mass is 9.94. The van der Waals surface area contributed by atoms with Gasteiger partial charge in [-0.3, -0.25) is 4.79 Å². The van der Waals surface area contributed by atoms with E-state index in [-0.39, 0.29) is 70.7 Å². The molecule has 2 N–H and O–H groups in total. The first-order valence-electron chi connectivity index (χ1n) is 23.7. The zero-order valence-electron chi connectivity index (χ0n) is 40.5. The predicted molar refractivity (Wildman–Crippen MR) is 266 cm³/mol. The van der Waals surface area contributed by atoms with Crippen LogP contribution in [0.2, 0.25) is 0 Å². The normalized spacial score (nSPS) is 22.3. The molecule has 386 valence electrons. The van der Waals surface area contributed by atoms with Crippen molar-refractivity contribution in [2.75, 3.05) is 61.5 Å². The van der Waals surface area contributed by atoms with Gasteiger partial charge in [0.05, 0.1) is 23.6 Å². The van der Waals surface area contributed by atoms with Crippen molar-refractivity contribution in [1.82, 2.24) is 24.4 Å². The van der Waals surface area contributed by atoms with E-state index in [1.807, 2.05) is 62.4 Å². The number of carboxylic acids is 1. The SMILES string of the molecule is Cc1cc(S(=O)(=O)NCCC2CS(c3ccc(N4CCN(c5ccc(OC[C@H]6OC[C@](Cn7cncn7)(c7ccc(F)cc7F)O6)cc5)CC4)cc3)(c3ccc(F)cc3F)C(=O)N2C(C)C)cc(C(=O)O)c1C. The molecule has 0 radical (unpaired) electrons. The first-order valence-corrected chi connectivity index (χ1v) is 27.0. The highest BCUT2D eigenvalue weighted by atomic mass is 32.3. The summed E-state index contributed by atoms with van der Waals surface area (Å²) in [6.45, 7) is 9.61. The number of aromatic carboxylic acids is 1. The minimum atomic E-state index is -4.15. The van der Waals surface area contributed by atoms with Crippen LogP contribution in [0.25, 0.3) is 0 Å². The zero-order chi connectivity index (χ0) is 51.8. The van der Waals surface area contributed by atoms with Crippen LogP contribution in [0.15, 0.2) is 124 Å². The average Bonchev–Trinajstić information content (AvgIpc) is 4.10. The number of benzene rings is 5. The molecule has 73 heavy (non-hydrogen) atoms. The summed E-state index contributed by atoms with van der Waals surface area (Å²) in [7, 11) is -7.00. The standard InChI is InChI=1S/C52H55F4N7O8S2/c1-33(2)63-40(17-18-59-73(67,68)43-23-34(3)35(4)44(26-43)50(64)65)28-72(51(63)66,48-16-6-37(54)25-47(48)56)42-13-9-39(10-14-42)61-21-19-60(20-22-61)38-7-11-41(12-8-38)69-27-49-70-30-52(71-49,29-62-32-57-31-58-62)45-15-5-36(53)24-46(45)55/h5-16,23-26,31-33,40,49,59H,17-22,27-30H2,1-4H3,(H,64,65)/t40?,49-,52+/m0/s1. The number of carbonyl (C=O) groups is 2. The number of ether oxygens (including phenoxy) is 3. The smallest absolute Gasteiger partial charge is 0.336 e. The Morgan fingerprint density at radius 3 is 2.14 bits per heavy atom. The number of hydrogen-bond donors (Lipinski definition) is 2. The van der Waals surface area contributed by atoms with E-state index < -0.39 is 67.2 Å². The van der Waals surface area contributed by atoms with Crippen LogP contribution in [-0.2, 0) is 31.6 Å². The number of aryl methyl sites for hydroxylation is 1. The molecule has 0 saturated carbocycles. The second-order valence-electron chi connectivity index (χ2n) is 18.6. The zero-order valence-corrected chi connectivity index (χ0v) is 42.1. The molecule has 0 bridgehead atoms. The Balaban J connectivity index is 0.848. The molecule has 5 aromatic carbocycles. The van der Waals surface area contributed by atoms with E-state index in [0.717, 1.165) is 35.6 Å². The number of sulfonamides is 1. The van der Waals surface area contributed by atoms with Crippen molar-refractivity contribution in [2.45, 2.75) is 79.3 Å². The van der Waals surface area contributed by atoms with Gasteiger partial charge >= 0.3 is 5.97 Å². The number of carbonyl (C=O) groups excluding carboxylic acids is 1. The van der Waals surface area contributed by atoms with Gasteiger partial charge in [-0.15, -0.1) is 10.0 Å². The third-order valence-corrected chi connectivity index (χ3v) is 19.0. The van der Waals surface area contributed by atoms with E-state index >= 15 is 8.78 Å². The van der Waals surface area contributed by atoms with Crippen molar-refractivity contribution in [3.8, 4) is 5.75 Å². The fourth-order valence-electron chi connectivity index (χ4n) is 9.94. The summed E-state index contributed by atoms with van der Waals surface area (Å²) in [5.41, 5.74) is 1.56. The summed E-state index contributed by atoms with van der Waals surface area (Å²) in [5.74, 6) is -3.61. The number of amides is 1. The Hall–Kier alpha value is -6.52. The summed E-state index contributed by atoms with van der Waals surface area (Å²) < 4.78 is 109. The van der Waals surface area contributed by atoms with Crippen LogP contribution in [0, 0.1) is 37.1 Å². The Bertz CT molecular complexity index is 3110. The minimum Gasteiger partial charge on any atom is -0.488 e. The van der Waals surface area contributed by atoms with Crippen molar-refractivity contribution in [2.24, 2.45) is 0 Å². The van der Waals surface area contributed by atoms with Gasteiger partial charge in [-0.05, 0) is 124 Å². The van der Waals surface area contributed by atoms with Crippen LogP contribution in [0.3, 0.4) is 0 Å². The van der Waals surface area contributed by atoms with Crippen molar-refractivity contribution < 1.29 is 54.9 Å². The number of carboxylic acid groups (broad SMARTS) is 1. The van der Waals surface area contributed by atoms with E-state index in [0.29, 0.717) is 48.0 Å². The molecule has 3 aliphatic rings. The first-order chi connectivity index (χ1) is 34.9. The predicted octanol–water partition coefficient (Wildman–Crippen LogP) is 8.63. The van der Waals surface area contributed by atoms with E-state index in [1.165, 1.54) is 41.6 Å². The van der Waals surface area contributed by atoms with Gasteiger partial charge in [0.15, 0.2) is 6.29 Å². The van der Waals surface area contributed by atoms with Gasteiger partial charge < -0.3 is 34.0 Å². The van der Waals surface area contributed by atoms with Crippen molar-refractivity contribution >= 4 is 42.6 Å². The third kappa shape index (κ3) is 10.4. The fourth-order valence-corrected chi connectivity index (χ4v) is 15.2. The largest absolute Gasteiger partial charge is 0.488 e. The van der Waals surface area contributed by atoms with Gasteiger partial charge in [-0.1, -0.05) is 6.07 Å². The minimum absolute atomic E-state index is 0.00295. The van der Waals surface area contributed by atoms with Crippen LogP contribution in [0.5, 0.6) is 5.75 Å². The lowest BCUT2D eigenvalue weighted by Gasteiger charge is -2.38.